The number of thioether (sulfide) groups is 2. The Bertz CT molecular complexity index is 1290. The number of fused-ring (bicyclic) bond motifs is 1. The van der Waals surface area contributed by atoms with Gasteiger partial charge in [-0.3, -0.25) is 0 Å². The number of halogens is 1. The van der Waals surface area contributed by atoms with Crippen LogP contribution in [0.25, 0.3) is 5.65 Å². The normalized spacial score (nSPS) is 12.9. The van der Waals surface area contributed by atoms with Gasteiger partial charge in [-0.2, -0.15) is 0 Å². The van der Waals surface area contributed by atoms with Crippen LogP contribution in [0.5, 0.6) is 0 Å². The summed E-state index contributed by atoms with van der Waals surface area (Å²) in [4.78, 5) is 8.97. The van der Waals surface area contributed by atoms with E-state index in [-0.39, 0.29) is 19.8 Å². The van der Waals surface area contributed by atoms with Crippen molar-refractivity contribution in [2.75, 3.05) is 25.7 Å². The molecule has 194 valence electrons. The molecule has 0 saturated heterocycles. The molecule has 0 fully saturated rings. The largest absolute Gasteiger partial charge is 0.483 e. The molecule has 0 bridgehead atoms. The molecule has 2 heterocycles. The van der Waals surface area contributed by atoms with Gasteiger partial charge in [0.2, 0.25) is 5.16 Å². The number of ether oxygens (including phenoxy) is 3. The molecule has 0 radical (unpaired) electrons. The highest BCUT2D eigenvalue weighted by Crippen LogP contribution is 2.30. The van der Waals surface area contributed by atoms with Gasteiger partial charge in [0.15, 0.2) is 17.9 Å². The second kappa shape index (κ2) is 13.6. The van der Waals surface area contributed by atoms with Gasteiger partial charge in [0.25, 0.3) is 0 Å². The van der Waals surface area contributed by atoms with Crippen molar-refractivity contribution >= 4 is 29.2 Å². The predicted molar refractivity (Wildman–Crippen MR) is 144 cm³/mol. The molecule has 0 saturated carbocycles. The highest BCUT2D eigenvalue weighted by atomic mass is 32.2. The van der Waals surface area contributed by atoms with Crippen LogP contribution in [0.2, 0.25) is 0 Å². The summed E-state index contributed by atoms with van der Waals surface area (Å²) in [6, 6.07) is 19.4. The number of nitrogens with zero attached hydrogens (tertiary/aromatic N) is 4. The molecule has 0 spiro atoms. The molecule has 0 N–H and O–H groups in total. The van der Waals surface area contributed by atoms with Gasteiger partial charge < -0.3 is 14.2 Å². The fourth-order valence-electron chi connectivity index (χ4n) is 3.61. The predicted octanol–water partition coefficient (Wildman–Crippen LogP) is 5.91. The quantitative estimate of drug-likeness (QED) is 0.144. The summed E-state index contributed by atoms with van der Waals surface area (Å²) >= 11 is 2.85. The van der Waals surface area contributed by atoms with Crippen molar-refractivity contribution in [1.82, 2.24) is 19.6 Å². The minimum Gasteiger partial charge on any atom is -0.483 e. The number of imidazole rings is 1. The summed E-state index contributed by atoms with van der Waals surface area (Å²) < 4.78 is 34.8. The topological polar surface area (TPSA) is 70.8 Å². The van der Waals surface area contributed by atoms with Crippen molar-refractivity contribution in [2.45, 2.75) is 35.7 Å². The third-order valence-electron chi connectivity index (χ3n) is 5.39. The zero-order valence-corrected chi connectivity index (χ0v) is 22.4. The van der Waals surface area contributed by atoms with E-state index >= 15 is 4.39 Å². The van der Waals surface area contributed by atoms with Crippen LogP contribution < -0.4 is 0 Å². The van der Waals surface area contributed by atoms with Crippen molar-refractivity contribution in [2.24, 2.45) is 0 Å². The van der Waals surface area contributed by atoms with Crippen LogP contribution in [0.4, 0.5) is 4.39 Å². The lowest BCUT2D eigenvalue weighted by Crippen LogP contribution is -2.25. The molecule has 2 aromatic carbocycles. The van der Waals surface area contributed by atoms with Crippen LogP contribution >= 0.6 is 23.5 Å². The van der Waals surface area contributed by atoms with Crippen LogP contribution in [0.3, 0.4) is 0 Å². The van der Waals surface area contributed by atoms with Crippen molar-refractivity contribution in [3.63, 3.8) is 0 Å². The second-order valence-corrected chi connectivity index (χ2v) is 9.67. The van der Waals surface area contributed by atoms with E-state index in [0.29, 0.717) is 33.9 Å². The second-order valence-electron chi connectivity index (χ2n) is 8.10. The maximum Gasteiger partial charge on any atom is 0.208 e. The summed E-state index contributed by atoms with van der Waals surface area (Å²) in [5, 5.41) is 5.80. The summed E-state index contributed by atoms with van der Waals surface area (Å²) in [6.45, 7) is 4.58. The van der Waals surface area contributed by atoms with E-state index in [0.717, 1.165) is 11.1 Å². The monoisotopic (exact) mass is 540 g/mol. The van der Waals surface area contributed by atoms with Gasteiger partial charge in [-0.25, -0.2) is 18.9 Å². The first-order valence-electron chi connectivity index (χ1n) is 11.6. The Labute approximate surface area is 224 Å². The Morgan fingerprint density at radius 2 is 1.62 bits per heavy atom. The van der Waals surface area contributed by atoms with E-state index < -0.39 is 12.3 Å². The van der Waals surface area contributed by atoms with E-state index in [1.165, 1.54) is 23.5 Å². The minimum absolute atomic E-state index is 0.112. The van der Waals surface area contributed by atoms with E-state index in [9.17, 15) is 0 Å². The number of alkyl halides is 1. The SMILES string of the molecule is C=C(COCc1ccccc1)O[C@@H](c1cnc2c(SC)nc(SC)nn12)[C@H](F)COCc1ccccc1. The molecule has 37 heavy (non-hydrogen) atoms. The lowest BCUT2D eigenvalue weighted by atomic mass is 10.1. The fraction of sp³-hybridized carbons (Fsp3) is 0.296. The highest BCUT2D eigenvalue weighted by Gasteiger charge is 2.30. The Kier molecular flexibility index (Phi) is 9.95. The Morgan fingerprint density at radius 3 is 2.24 bits per heavy atom. The smallest absolute Gasteiger partial charge is 0.208 e. The van der Waals surface area contributed by atoms with Crippen molar-refractivity contribution < 1.29 is 18.6 Å². The average molecular weight is 541 g/mol. The van der Waals surface area contributed by atoms with Crippen molar-refractivity contribution in [3.8, 4) is 0 Å². The lowest BCUT2D eigenvalue weighted by molar-refractivity contribution is -0.0301. The number of hydrogen-bond acceptors (Lipinski definition) is 8. The average Bonchev–Trinajstić information content (AvgIpc) is 3.36. The molecule has 4 aromatic rings. The number of benzene rings is 2. The number of rotatable bonds is 14. The summed E-state index contributed by atoms with van der Waals surface area (Å²) in [5.74, 6) is 0.297. The van der Waals surface area contributed by atoms with Gasteiger partial charge in [-0.05, 0) is 23.6 Å². The highest BCUT2D eigenvalue weighted by molar-refractivity contribution is 7.99. The maximum atomic E-state index is 15.7. The Hall–Kier alpha value is -2.92. The van der Waals surface area contributed by atoms with Gasteiger partial charge in [0.1, 0.15) is 23.1 Å². The minimum atomic E-state index is -1.51. The zero-order valence-electron chi connectivity index (χ0n) is 20.7. The van der Waals surface area contributed by atoms with Gasteiger partial charge in [-0.1, -0.05) is 79.0 Å². The third kappa shape index (κ3) is 7.32. The molecule has 0 amide bonds. The first-order valence-corrected chi connectivity index (χ1v) is 14.1. The molecule has 2 aromatic heterocycles. The van der Waals surface area contributed by atoms with Crippen LogP contribution in [0.1, 0.15) is 22.9 Å². The Morgan fingerprint density at radius 1 is 0.973 bits per heavy atom. The van der Waals surface area contributed by atoms with Crippen LogP contribution in [-0.2, 0) is 27.4 Å². The van der Waals surface area contributed by atoms with E-state index in [1.807, 2.05) is 73.2 Å². The first-order chi connectivity index (χ1) is 18.1. The van der Waals surface area contributed by atoms with E-state index in [4.69, 9.17) is 14.2 Å². The molecular formula is C27H29FN4O3S2. The fourth-order valence-corrected chi connectivity index (χ4v) is 4.52. The standard InChI is InChI=1S/C27H29FN4O3S2/c1-19(15-33-16-20-10-6-4-7-11-20)35-24(22(28)18-34-17-21-12-8-5-9-13-21)23-14-29-25-26(36-2)30-27(37-3)31-32(23)25/h4-14,22,24H,1,15-18H2,2-3H3/t22-,24-/m1/s1. The molecule has 0 aliphatic rings. The van der Waals surface area contributed by atoms with Crippen molar-refractivity contribution in [3.05, 3.63) is 96.0 Å². The van der Waals surface area contributed by atoms with Gasteiger partial charge in [-0.15, -0.1) is 16.9 Å². The van der Waals surface area contributed by atoms with Gasteiger partial charge >= 0.3 is 0 Å². The zero-order chi connectivity index (χ0) is 26.0. The molecule has 0 aliphatic heterocycles. The van der Waals surface area contributed by atoms with Crippen LogP contribution in [0, 0.1) is 0 Å². The number of hydrogen-bond donors (Lipinski definition) is 0. The summed E-state index contributed by atoms with van der Waals surface area (Å²) in [7, 11) is 0. The first kappa shape index (κ1) is 27.1. The molecule has 2 atom stereocenters. The third-order valence-corrected chi connectivity index (χ3v) is 6.59. The van der Waals surface area contributed by atoms with Crippen molar-refractivity contribution in [1.29, 1.82) is 0 Å². The van der Waals surface area contributed by atoms with Crippen LogP contribution in [0.15, 0.2) is 89.4 Å². The molecule has 7 nitrogen and oxygen atoms in total. The van der Waals surface area contributed by atoms with E-state index in [1.54, 1.807) is 10.7 Å². The maximum absolute atomic E-state index is 15.7. The molecule has 4 rings (SSSR count). The molecule has 0 unspecified atom stereocenters. The molecular weight excluding hydrogens is 511 g/mol. The lowest BCUT2D eigenvalue weighted by Gasteiger charge is -2.23. The molecule has 10 heteroatoms. The molecule has 0 aliphatic carbocycles. The van der Waals surface area contributed by atoms with E-state index in [2.05, 4.69) is 21.6 Å². The Balaban J connectivity index is 1.51. The number of aromatic nitrogens is 4. The summed E-state index contributed by atoms with van der Waals surface area (Å²) in [6.07, 6.45) is 2.80. The summed E-state index contributed by atoms with van der Waals surface area (Å²) in [5.41, 5.74) is 2.97. The van der Waals surface area contributed by atoms with Gasteiger partial charge in [0.05, 0.1) is 26.0 Å². The van der Waals surface area contributed by atoms with Gasteiger partial charge in [0, 0.05) is 0 Å². The van der Waals surface area contributed by atoms with Crippen LogP contribution in [-0.4, -0.2) is 51.5 Å².